The van der Waals surface area contributed by atoms with E-state index in [1.807, 2.05) is 6.07 Å². The Morgan fingerprint density at radius 3 is 2.41 bits per heavy atom. The van der Waals surface area contributed by atoms with Crippen LogP contribution in [0.4, 0.5) is 22.8 Å². The molecule has 1 N–H and O–H groups in total. The first-order valence-electron chi connectivity index (χ1n) is 10.1. The maximum Gasteiger partial charge on any atom is 0.416 e. The number of rotatable bonds is 3. The molecule has 1 atom stereocenters. The Bertz CT molecular complexity index is 971. The molecule has 32 heavy (non-hydrogen) atoms. The third kappa shape index (κ3) is 6.15. The smallest absolute Gasteiger partial charge is 0.416 e. The molecular formula is C23H25F3N2O4. The number of nitrogens with zero attached hydrogens (tertiary/aromatic N) is 1. The van der Waals surface area contributed by atoms with Gasteiger partial charge in [-0.3, -0.25) is 0 Å². The lowest BCUT2D eigenvalue weighted by molar-refractivity contribution is -0.137. The number of nitrogens with one attached hydrogen (secondary N) is 1. The summed E-state index contributed by atoms with van der Waals surface area (Å²) in [5.74, 6) is 0. The van der Waals surface area contributed by atoms with Crippen LogP contribution in [-0.2, 0) is 28.8 Å². The van der Waals surface area contributed by atoms with Crippen LogP contribution in [0.5, 0.6) is 0 Å². The third-order valence-corrected chi connectivity index (χ3v) is 4.76. The summed E-state index contributed by atoms with van der Waals surface area (Å²) in [6.07, 6.45) is -5.94. The second kappa shape index (κ2) is 9.10. The lowest BCUT2D eigenvalue weighted by atomic mass is 9.93. The Morgan fingerprint density at radius 1 is 1.09 bits per heavy atom. The highest BCUT2D eigenvalue weighted by Gasteiger charge is 2.35. The van der Waals surface area contributed by atoms with Crippen molar-refractivity contribution in [2.24, 2.45) is 0 Å². The molecule has 1 aliphatic rings. The molecular weight excluding hydrogens is 425 g/mol. The summed E-state index contributed by atoms with van der Waals surface area (Å²) >= 11 is 0. The molecule has 9 heteroatoms. The van der Waals surface area contributed by atoms with Gasteiger partial charge in [-0.15, -0.1) is 0 Å². The largest absolute Gasteiger partial charge is 0.445 e. The van der Waals surface area contributed by atoms with Crippen molar-refractivity contribution in [3.63, 3.8) is 0 Å². The van der Waals surface area contributed by atoms with E-state index in [2.05, 4.69) is 5.32 Å². The zero-order valence-electron chi connectivity index (χ0n) is 18.0. The van der Waals surface area contributed by atoms with Crippen molar-refractivity contribution < 1.29 is 32.2 Å². The van der Waals surface area contributed by atoms with E-state index in [4.69, 9.17) is 9.47 Å². The number of hydrogen-bond acceptors (Lipinski definition) is 4. The molecule has 0 radical (unpaired) electrons. The molecule has 2 aromatic rings. The quantitative estimate of drug-likeness (QED) is 0.678. The van der Waals surface area contributed by atoms with Crippen molar-refractivity contribution in [1.29, 1.82) is 0 Å². The minimum Gasteiger partial charge on any atom is -0.445 e. The number of halogens is 3. The van der Waals surface area contributed by atoms with Gasteiger partial charge in [0.05, 0.1) is 11.6 Å². The molecule has 0 fully saturated rings. The van der Waals surface area contributed by atoms with Crippen molar-refractivity contribution in [3.8, 4) is 0 Å². The zero-order valence-corrected chi connectivity index (χ0v) is 18.0. The zero-order chi connectivity index (χ0) is 23.5. The van der Waals surface area contributed by atoms with E-state index in [-0.39, 0.29) is 25.3 Å². The molecule has 0 spiro atoms. The van der Waals surface area contributed by atoms with Crippen LogP contribution >= 0.6 is 0 Å². The average molecular weight is 450 g/mol. The van der Waals surface area contributed by atoms with E-state index in [1.165, 1.54) is 11.0 Å². The fourth-order valence-electron chi connectivity index (χ4n) is 3.37. The molecule has 6 nitrogen and oxygen atoms in total. The molecule has 0 unspecified atom stereocenters. The van der Waals surface area contributed by atoms with Gasteiger partial charge in [-0.05, 0) is 49.6 Å². The fraction of sp³-hybridized carbons (Fsp3) is 0.391. The van der Waals surface area contributed by atoms with E-state index in [0.29, 0.717) is 5.56 Å². The summed E-state index contributed by atoms with van der Waals surface area (Å²) < 4.78 is 50.3. The van der Waals surface area contributed by atoms with Crippen LogP contribution in [0.3, 0.4) is 0 Å². The SMILES string of the molecule is CC(C)(C)OC(=O)N[C@@H]1CN(C(=O)OCc2ccccc2)Cc2cc(C(F)(F)F)ccc21. The normalized spacial score (nSPS) is 16.2. The number of hydrogen-bond donors (Lipinski definition) is 1. The van der Waals surface area contributed by atoms with E-state index in [9.17, 15) is 22.8 Å². The van der Waals surface area contributed by atoms with Crippen molar-refractivity contribution in [2.45, 2.75) is 51.7 Å². The topological polar surface area (TPSA) is 67.9 Å². The van der Waals surface area contributed by atoms with Crippen LogP contribution in [0, 0.1) is 0 Å². The first-order valence-corrected chi connectivity index (χ1v) is 10.1. The Morgan fingerprint density at radius 2 is 1.78 bits per heavy atom. The van der Waals surface area contributed by atoms with Crippen molar-refractivity contribution >= 4 is 12.2 Å². The predicted octanol–water partition coefficient (Wildman–Crippen LogP) is 5.42. The number of carbonyl (C=O) groups is 2. The minimum absolute atomic E-state index is 0.0236. The average Bonchev–Trinajstić information content (AvgIpc) is 2.70. The number of alkyl halides is 3. The molecule has 0 saturated heterocycles. The van der Waals surface area contributed by atoms with Crippen LogP contribution in [-0.4, -0.2) is 29.2 Å². The van der Waals surface area contributed by atoms with Gasteiger partial charge in [0.1, 0.15) is 12.2 Å². The molecule has 0 aromatic heterocycles. The van der Waals surface area contributed by atoms with E-state index in [0.717, 1.165) is 17.7 Å². The first kappa shape index (κ1) is 23.4. The van der Waals surface area contributed by atoms with Gasteiger partial charge in [0.15, 0.2) is 0 Å². The lowest BCUT2D eigenvalue weighted by Gasteiger charge is -2.35. The van der Waals surface area contributed by atoms with Crippen LogP contribution < -0.4 is 5.32 Å². The van der Waals surface area contributed by atoms with Gasteiger partial charge >= 0.3 is 18.4 Å². The number of amides is 2. The highest BCUT2D eigenvalue weighted by atomic mass is 19.4. The van der Waals surface area contributed by atoms with Crippen LogP contribution in [0.25, 0.3) is 0 Å². The van der Waals surface area contributed by atoms with Crippen LogP contribution in [0.2, 0.25) is 0 Å². The summed E-state index contributed by atoms with van der Waals surface area (Å²) in [4.78, 5) is 26.2. The van der Waals surface area contributed by atoms with Crippen molar-refractivity contribution in [3.05, 3.63) is 70.8 Å². The Labute approximate surface area is 184 Å². The highest BCUT2D eigenvalue weighted by Crippen LogP contribution is 2.34. The maximum atomic E-state index is 13.2. The van der Waals surface area contributed by atoms with E-state index < -0.39 is 35.6 Å². The minimum atomic E-state index is -4.53. The number of alkyl carbamates (subject to hydrolysis) is 1. The molecule has 1 heterocycles. The third-order valence-electron chi connectivity index (χ3n) is 4.76. The summed E-state index contributed by atoms with van der Waals surface area (Å²) in [6.45, 7) is 5.08. The van der Waals surface area contributed by atoms with Crippen molar-refractivity contribution in [2.75, 3.05) is 6.54 Å². The maximum absolute atomic E-state index is 13.2. The van der Waals surface area contributed by atoms with Gasteiger partial charge in [0, 0.05) is 13.1 Å². The van der Waals surface area contributed by atoms with Gasteiger partial charge in [-0.2, -0.15) is 13.2 Å². The monoisotopic (exact) mass is 450 g/mol. The molecule has 2 aromatic carbocycles. The van der Waals surface area contributed by atoms with Gasteiger partial charge in [-0.25, -0.2) is 9.59 Å². The number of fused-ring (bicyclic) bond motifs is 1. The van der Waals surface area contributed by atoms with E-state index >= 15 is 0 Å². The molecule has 0 saturated carbocycles. The summed E-state index contributed by atoms with van der Waals surface area (Å²) in [5, 5.41) is 2.66. The molecule has 2 amide bonds. The molecule has 172 valence electrons. The second-order valence-corrected chi connectivity index (χ2v) is 8.53. The highest BCUT2D eigenvalue weighted by molar-refractivity contribution is 5.71. The second-order valence-electron chi connectivity index (χ2n) is 8.53. The number of benzene rings is 2. The van der Waals surface area contributed by atoms with Crippen LogP contribution in [0.15, 0.2) is 48.5 Å². The Kier molecular flexibility index (Phi) is 6.66. The Hall–Kier alpha value is -3.23. The summed E-state index contributed by atoms with van der Waals surface area (Å²) in [7, 11) is 0. The van der Waals surface area contributed by atoms with Gasteiger partial charge in [0.2, 0.25) is 0 Å². The van der Waals surface area contributed by atoms with Crippen LogP contribution in [0.1, 0.15) is 49.1 Å². The summed E-state index contributed by atoms with van der Waals surface area (Å²) in [6, 6.07) is 11.6. The molecule has 0 bridgehead atoms. The molecule has 3 rings (SSSR count). The summed E-state index contributed by atoms with van der Waals surface area (Å²) in [5.41, 5.74) is -0.0247. The predicted molar refractivity (Wildman–Crippen MR) is 111 cm³/mol. The first-order chi connectivity index (χ1) is 14.9. The molecule has 1 aliphatic heterocycles. The molecule has 0 aliphatic carbocycles. The van der Waals surface area contributed by atoms with Crippen molar-refractivity contribution in [1.82, 2.24) is 10.2 Å². The lowest BCUT2D eigenvalue weighted by Crippen LogP contribution is -2.45. The fourth-order valence-corrected chi connectivity index (χ4v) is 3.37. The number of ether oxygens (including phenoxy) is 2. The van der Waals surface area contributed by atoms with Gasteiger partial charge in [-0.1, -0.05) is 36.4 Å². The van der Waals surface area contributed by atoms with E-state index in [1.54, 1.807) is 45.0 Å². The van der Waals surface area contributed by atoms with Gasteiger partial charge < -0.3 is 19.7 Å². The standard InChI is InChI=1S/C23H25F3N2O4/c1-22(2,3)32-20(29)27-19-13-28(21(30)31-14-15-7-5-4-6-8-15)12-16-11-17(23(24,25)26)9-10-18(16)19/h4-11,19H,12-14H2,1-3H3,(H,27,29)/t19-/m1/s1. The Balaban J connectivity index is 1.81. The number of carbonyl (C=O) groups excluding carboxylic acids is 2. The van der Waals surface area contributed by atoms with Gasteiger partial charge in [0.25, 0.3) is 0 Å².